The van der Waals surface area contributed by atoms with E-state index in [1.165, 1.54) is 67.3 Å². The first kappa shape index (κ1) is 41.8. The van der Waals surface area contributed by atoms with E-state index in [2.05, 4.69) is 175 Å². The predicted molar refractivity (Wildman–Crippen MR) is 233 cm³/mol. The van der Waals surface area contributed by atoms with Gasteiger partial charge in [-0.05, 0) is 176 Å². The fraction of sp³-hybridized carbons (Fsp3) is 0.500. The maximum Gasteiger partial charge on any atom is 0.0576 e. The molecule has 4 rings (SSSR count). The first-order chi connectivity index (χ1) is 25.6. The Kier molecular flexibility index (Phi) is 15.7. The van der Waals surface area contributed by atoms with Crippen LogP contribution in [-0.2, 0) is 4.74 Å². The van der Waals surface area contributed by atoms with Crippen molar-refractivity contribution in [3.63, 3.8) is 0 Å². The molecule has 0 aliphatic rings. The van der Waals surface area contributed by atoms with Crippen LogP contribution in [0.4, 0.5) is 22.7 Å². The number of benzene rings is 4. The lowest BCUT2D eigenvalue weighted by molar-refractivity contribution is 0.120. The van der Waals surface area contributed by atoms with Crippen LogP contribution in [0.5, 0.6) is 0 Å². The second kappa shape index (κ2) is 19.9. The molecule has 0 aromatic heterocycles. The molecule has 0 aliphatic heterocycles. The smallest absolute Gasteiger partial charge is 0.0576 e. The van der Waals surface area contributed by atoms with Crippen molar-refractivity contribution >= 4 is 22.7 Å². The molecular weight excluding hydrogens is 649 g/mol. The Balaban J connectivity index is 1.77. The summed E-state index contributed by atoms with van der Waals surface area (Å²) in [7, 11) is 0. The Hall–Kier alpha value is -3.96. The van der Waals surface area contributed by atoms with Gasteiger partial charge in [0.15, 0.2) is 0 Å². The van der Waals surface area contributed by atoms with Crippen molar-refractivity contribution in [2.75, 3.05) is 85.2 Å². The minimum atomic E-state index is 0.115. The standard InChI is InChI=1S/C48H70N4O/c1-13-49(14-2)39-21-25-43(35(9)29-39)47(44-26-22-40(30-36(44)10)50(15-3)16-4)33-53-34-48(45-27-23-41(31-37(45)11)51(17-5)18-6)46-28-24-42(32-38(46)12)52(19-7)20-8/h21-32,47-48H,13-20,33-34H2,1-12H3. The van der Waals surface area contributed by atoms with Crippen LogP contribution in [0.1, 0.15) is 112 Å². The molecule has 5 nitrogen and oxygen atoms in total. The fourth-order valence-electron chi connectivity index (χ4n) is 8.34. The molecule has 0 saturated heterocycles. The number of hydrogen-bond donors (Lipinski definition) is 0. The van der Waals surface area contributed by atoms with Crippen molar-refractivity contribution in [3.8, 4) is 0 Å². The molecule has 0 N–H and O–H groups in total. The number of hydrogen-bond acceptors (Lipinski definition) is 5. The SMILES string of the molecule is CCN(CC)c1ccc(C(COCC(c2ccc(N(CC)CC)cc2C)c2ccc(N(CC)CC)cc2C)c2ccc(N(CC)CC)cc2C)c(C)c1. The monoisotopic (exact) mass is 719 g/mol. The van der Waals surface area contributed by atoms with Gasteiger partial charge in [-0.15, -0.1) is 0 Å². The van der Waals surface area contributed by atoms with Crippen molar-refractivity contribution in [1.29, 1.82) is 0 Å². The zero-order valence-corrected chi connectivity index (χ0v) is 35.4. The van der Waals surface area contributed by atoms with Crippen LogP contribution in [0.15, 0.2) is 72.8 Å². The van der Waals surface area contributed by atoms with Gasteiger partial charge < -0.3 is 24.3 Å². The van der Waals surface area contributed by atoms with Gasteiger partial charge in [-0.25, -0.2) is 0 Å². The highest BCUT2D eigenvalue weighted by Crippen LogP contribution is 2.37. The minimum absolute atomic E-state index is 0.115. The highest BCUT2D eigenvalue weighted by molar-refractivity contribution is 5.58. The maximum absolute atomic E-state index is 7.03. The van der Waals surface area contributed by atoms with E-state index in [-0.39, 0.29) is 11.8 Å². The Bertz CT molecular complexity index is 1480. The highest BCUT2D eigenvalue weighted by Gasteiger charge is 2.24. The highest BCUT2D eigenvalue weighted by atomic mass is 16.5. The van der Waals surface area contributed by atoms with Crippen molar-refractivity contribution in [2.45, 2.75) is 94.9 Å². The molecule has 288 valence electrons. The van der Waals surface area contributed by atoms with E-state index in [9.17, 15) is 0 Å². The lowest BCUT2D eigenvalue weighted by Gasteiger charge is -2.29. The topological polar surface area (TPSA) is 22.2 Å². The van der Waals surface area contributed by atoms with Gasteiger partial charge in [0.1, 0.15) is 0 Å². The first-order valence-corrected chi connectivity index (χ1v) is 20.6. The molecule has 0 radical (unpaired) electrons. The van der Waals surface area contributed by atoms with E-state index in [1.54, 1.807) is 0 Å². The van der Waals surface area contributed by atoms with Gasteiger partial charge in [-0.1, -0.05) is 24.3 Å². The normalized spacial score (nSPS) is 11.4. The maximum atomic E-state index is 7.03. The molecular formula is C48H70N4O. The molecule has 0 spiro atoms. The summed E-state index contributed by atoms with van der Waals surface area (Å²) in [5.41, 5.74) is 15.8. The van der Waals surface area contributed by atoms with Crippen LogP contribution in [-0.4, -0.2) is 65.6 Å². The quantitative estimate of drug-likeness (QED) is 0.0905. The molecule has 0 saturated carbocycles. The van der Waals surface area contributed by atoms with Crippen molar-refractivity contribution in [3.05, 3.63) is 117 Å². The zero-order chi connectivity index (χ0) is 38.7. The van der Waals surface area contributed by atoms with Gasteiger partial charge in [0.05, 0.1) is 13.2 Å². The van der Waals surface area contributed by atoms with E-state index in [0.717, 1.165) is 52.4 Å². The summed E-state index contributed by atoms with van der Waals surface area (Å²) in [5, 5.41) is 0. The van der Waals surface area contributed by atoms with Crippen LogP contribution >= 0.6 is 0 Å². The average Bonchev–Trinajstić information content (AvgIpc) is 3.15. The summed E-state index contributed by atoms with van der Waals surface area (Å²) in [6.45, 7) is 36.2. The number of anilines is 4. The van der Waals surface area contributed by atoms with Gasteiger partial charge in [-0.2, -0.15) is 0 Å². The second-order valence-electron chi connectivity index (χ2n) is 14.5. The van der Waals surface area contributed by atoms with Crippen molar-refractivity contribution in [1.82, 2.24) is 0 Å². The van der Waals surface area contributed by atoms with Gasteiger partial charge >= 0.3 is 0 Å². The summed E-state index contributed by atoms with van der Waals surface area (Å²) in [5.74, 6) is 0.230. The van der Waals surface area contributed by atoms with Gasteiger partial charge in [0.25, 0.3) is 0 Å². The van der Waals surface area contributed by atoms with Crippen LogP contribution in [0, 0.1) is 27.7 Å². The number of rotatable bonds is 20. The largest absolute Gasteiger partial charge is 0.379 e. The van der Waals surface area contributed by atoms with Crippen LogP contribution in [0.25, 0.3) is 0 Å². The molecule has 5 heteroatoms. The number of aryl methyl sites for hydroxylation is 4. The van der Waals surface area contributed by atoms with Gasteiger partial charge in [0.2, 0.25) is 0 Å². The van der Waals surface area contributed by atoms with E-state index in [1.807, 2.05) is 0 Å². The Labute approximate surface area is 324 Å². The third-order valence-corrected chi connectivity index (χ3v) is 11.6. The molecule has 53 heavy (non-hydrogen) atoms. The molecule has 4 aromatic carbocycles. The van der Waals surface area contributed by atoms with Crippen molar-refractivity contribution < 1.29 is 4.74 Å². The Morgan fingerprint density at radius 2 is 0.566 bits per heavy atom. The molecule has 4 aromatic rings. The van der Waals surface area contributed by atoms with E-state index >= 15 is 0 Å². The van der Waals surface area contributed by atoms with Gasteiger partial charge in [-0.3, -0.25) is 0 Å². The number of nitrogens with zero attached hydrogens (tertiary/aromatic N) is 4. The minimum Gasteiger partial charge on any atom is -0.379 e. The van der Waals surface area contributed by atoms with E-state index in [4.69, 9.17) is 4.74 Å². The fourth-order valence-corrected chi connectivity index (χ4v) is 8.34. The van der Waals surface area contributed by atoms with Crippen LogP contribution in [0.2, 0.25) is 0 Å². The molecule has 0 aliphatic carbocycles. The Morgan fingerprint density at radius 1 is 0.358 bits per heavy atom. The summed E-state index contributed by atoms with van der Waals surface area (Å²) < 4.78 is 7.03. The van der Waals surface area contributed by atoms with Crippen LogP contribution < -0.4 is 19.6 Å². The lowest BCUT2D eigenvalue weighted by Crippen LogP contribution is -2.23. The third kappa shape index (κ3) is 9.78. The number of ether oxygens (including phenoxy) is 1. The average molecular weight is 719 g/mol. The van der Waals surface area contributed by atoms with E-state index < -0.39 is 0 Å². The summed E-state index contributed by atoms with van der Waals surface area (Å²) >= 11 is 0. The van der Waals surface area contributed by atoms with Gasteiger partial charge in [0, 0.05) is 86.9 Å². The third-order valence-electron chi connectivity index (χ3n) is 11.6. The summed E-state index contributed by atoms with van der Waals surface area (Å²) in [4.78, 5) is 9.72. The molecule has 0 unspecified atom stereocenters. The first-order valence-electron chi connectivity index (χ1n) is 20.6. The molecule has 0 fully saturated rings. The van der Waals surface area contributed by atoms with Crippen LogP contribution in [0.3, 0.4) is 0 Å². The predicted octanol–water partition coefficient (Wildman–Crippen LogP) is 11.3. The lowest BCUT2D eigenvalue weighted by atomic mass is 9.85. The Morgan fingerprint density at radius 3 is 0.736 bits per heavy atom. The second-order valence-corrected chi connectivity index (χ2v) is 14.5. The summed E-state index contributed by atoms with van der Waals surface area (Å²) in [6.07, 6.45) is 0. The molecule has 0 heterocycles. The molecule has 0 atom stereocenters. The zero-order valence-electron chi connectivity index (χ0n) is 35.4. The van der Waals surface area contributed by atoms with E-state index in [0.29, 0.717) is 13.2 Å². The summed E-state index contributed by atoms with van der Waals surface area (Å²) in [6, 6.07) is 28.2. The molecule has 0 bridgehead atoms. The van der Waals surface area contributed by atoms with Crippen molar-refractivity contribution in [2.24, 2.45) is 0 Å². The molecule has 0 amide bonds.